The lowest BCUT2D eigenvalue weighted by atomic mass is 10.0. The summed E-state index contributed by atoms with van der Waals surface area (Å²) in [6, 6.07) is 4.76. The number of anilines is 1. The minimum Gasteiger partial charge on any atom is -0.397 e. The van der Waals surface area contributed by atoms with Gasteiger partial charge < -0.3 is 15.4 Å². The number of nitrogens with zero attached hydrogens (tertiary/aromatic N) is 1. The highest BCUT2D eigenvalue weighted by Gasteiger charge is 2.36. The van der Waals surface area contributed by atoms with Crippen LogP contribution in [0.2, 0.25) is 0 Å². The molecule has 1 aliphatic heterocycles. The zero-order valence-electron chi connectivity index (χ0n) is 12.0. The average Bonchev–Trinajstić information content (AvgIpc) is 2.76. The molecule has 1 amide bonds. The van der Waals surface area contributed by atoms with Gasteiger partial charge in [-0.15, -0.1) is 11.3 Å². The van der Waals surface area contributed by atoms with Crippen molar-refractivity contribution in [2.45, 2.75) is 19.4 Å². The van der Waals surface area contributed by atoms with Gasteiger partial charge in [0.15, 0.2) is 0 Å². The minimum absolute atomic E-state index is 0.151. The molecule has 0 unspecified atom stereocenters. The summed E-state index contributed by atoms with van der Waals surface area (Å²) in [7, 11) is 0. The molecule has 1 fully saturated rings. The highest BCUT2D eigenvalue weighted by Crippen LogP contribution is 2.37. The maximum Gasteiger partial charge on any atom is 0.266 e. The smallest absolute Gasteiger partial charge is 0.266 e. The van der Waals surface area contributed by atoms with E-state index in [1.54, 1.807) is 17.0 Å². The fraction of sp³-hybridized carbons (Fsp3) is 0.400. The van der Waals surface area contributed by atoms with Crippen LogP contribution in [-0.4, -0.2) is 36.1 Å². The maximum absolute atomic E-state index is 13.9. The van der Waals surface area contributed by atoms with Crippen LogP contribution in [-0.2, 0) is 4.74 Å². The van der Waals surface area contributed by atoms with E-state index in [1.165, 1.54) is 17.4 Å². The lowest BCUT2D eigenvalue weighted by Crippen LogP contribution is -2.55. The van der Waals surface area contributed by atoms with Gasteiger partial charge in [0.1, 0.15) is 10.7 Å². The van der Waals surface area contributed by atoms with E-state index in [-0.39, 0.29) is 17.4 Å². The Morgan fingerprint density at radius 1 is 1.48 bits per heavy atom. The van der Waals surface area contributed by atoms with E-state index in [0.717, 1.165) is 0 Å². The Kier molecular flexibility index (Phi) is 3.37. The number of amides is 1. The highest BCUT2D eigenvalue weighted by atomic mass is 32.1. The number of fused-ring (bicyclic) bond motifs is 1. The molecule has 112 valence electrons. The van der Waals surface area contributed by atoms with Crippen LogP contribution in [0.1, 0.15) is 23.5 Å². The lowest BCUT2D eigenvalue weighted by molar-refractivity contribution is -0.0368. The van der Waals surface area contributed by atoms with Crippen LogP contribution >= 0.6 is 11.3 Å². The van der Waals surface area contributed by atoms with Crippen LogP contribution in [0.4, 0.5) is 10.1 Å². The van der Waals surface area contributed by atoms with E-state index in [0.29, 0.717) is 34.7 Å². The molecule has 6 heteroatoms. The second kappa shape index (κ2) is 4.96. The van der Waals surface area contributed by atoms with Crippen LogP contribution < -0.4 is 5.73 Å². The molecular formula is C15H17FN2O2S. The van der Waals surface area contributed by atoms with Gasteiger partial charge in [-0.2, -0.15) is 0 Å². The molecule has 2 heterocycles. The van der Waals surface area contributed by atoms with E-state index < -0.39 is 5.54 Å². The SMILES string of the molecule is CC1(C)COCCN1C(=O)c1sc2cccc(F)c2c1N. The van der Waals surface area contributed by atoms with E-state index >= 15 is 0 Å². The number of thiophene rings is 1. The Labute approximate surface area is 126 Å². The Bertz CT molecular complexity index is 711. The summed E-state index contributed by atoms with van der Waals surface area (Å²) in [6.07, 6.45) is 0. The fourth-order valence-electron chi connectivity index (χ4n) is 2.65. The molecule has 0 bridgehead atoms. The molecule has 1 aromatic heterocycles. The zero-order chi connectivity index (χ0) is 15.2. The largest absolute Gasteiger partial charge is 0.397 e. The number of nitrogen functional groups attached to an aromatic ring is 1. The summed E-state index contributed by atoms with van der Waals surface area (Å²) in [5.74, 6) is -0.539. The van der Waals surface area contributed by atoms with Crippen LogP contribution in [0.25, 0.3) is 10.1 Å². The van der Waals surface area contributed by atoms with Gasteiger partial charge in [-0.25, -0.2) is 4.39 Å². The molecule has 0 aliphatic carbocycles. The first kappa shape index (κ1) is 14.3. The van der Waals surface area contributed by atoms with Gasteiger partial charge in [0, 0.05) is 11.2 Å². The van der Waals surface area contributed by atoms with Crippen LogP contribution in [0.3, 0.4) is 0 Å². The molecule has 0 atom stereocenters. The molecule has 0 radical (unpaired) electrons. The lowest BCUT2D eigenvalue weighted by Gasteiger charge is -2.41. The second-order valence-electron chi connectivity index (χ2n) is 5.78. The monoisotopic (exact) mass is 308 g/mol. The number of rotatable bonds is 1. The van der Waals surface area contributed by atoms with Crippen molar-refractivity contribution in [1.82, 2.24) is 4.90 Å². The zero-order valence-corrected chi connectivity index (χ0v) is 12.8. The van der Waals surface area contributed by atoms with Gasteiger partial charge in [-0.3, -0.25) is 4.79 Å². The molecule has 2 aromatic rings. The van der Waals surface area contributed by atoms with Crippen LogP contribution in [0, 0.1) is 5.82 Å². The van der Waals surface area contributed by atoms with Gasteiger partial charge >= 0.3 is 0 Å². The van der Waals surface area contributed by atoms with Crippen molar-refractivity contribution in [3.05, 3.63) is 28.9 Å². The molecule has 1 aliphatic rings. The number of carbonyl (C=O) groups is 1. The molecule has 1 saturated heterocycles. The third kappa shape index (κ3) is 2.28. The fourth-order valence-corrected chi connectivity index (χ4v) is 3.73. The second-order valence-corrected chi connectivity index (χ2v) is 6.83. The van der Waals surface area contributed by atoms with Gasteiger partial charge in [0.25, 0.3) is 5.91 Å². The molecule has 0 spiro atoms. The minimum atomic E-state index is -0.392. The van der Waals surface area contributed by atoms with Gasteiger partial charge in [0.05, 0.1) is 29.8 Å². The van der Waals surface area contributed by atoms with Gasteiger partial charge in [-0.05, 0) is 26.0 Å². The summed E-state index contributed by atoms with van der Waals surface area (Å²) in [6.45, 7) is 5.41. The van der Waals surface area contributed by atoms with Crippen molar-refractivity contribution >= 4 is 33.0 Å². The Morgan fingerprint density at radius 3 is 2.90 bits per heavy atom. The molecule has 21 heavy (non-hydrogen) atoms. The first-order valence-corrected chi connectivity index (χ1v) is 7.59. The van der Waals surface area contributed by atoms with Crippen molar-refractivity contribution in [2.24, 2.45) is 0 Å². The number of morpholine rings is 1. The molecule has 4 nitrogen and oxygen atoms in total. The summed E-state index contributed by atoms with van der Waals surface area (Å²) < 4.78 is 20.0. The predicted molar refractivity (Wildman–Crippen MR) is 82.1 cm³/mol. The van der Waals surface area contributed by atoms with E-state index in [1.807, 2.05) is 13.8 Å². The Morgan fingerprint density at radius 2 is 2.24 bits per heavy atom. The number of nitrogens with two attached hydrogens (primary N) is 1. The van der Waals surface area contributed by atoms with E-state index in [4.69, 9.17) is 10.5 Å². The first-order valence-electron chi connectivity index (χ1n) is 6.78. The van der Waals surface area contributed by atoms with Crippen molar-refractivity contribution in [3.8, 4) is 0 Å². The third-order valence-corrected chi connectivity index (χ3v) is 4.94. The number of ether oxygens (including phenoxy) is 1. The van der Waals surface area contributed by atoms with Crippen LogP contribution in [0.15, 0.2) is 18.2 Å². The Hall–Kier alpha value is -1.66. The number of hydrogen-bond donors (Lipinski definition) is 1. The molecule has 2 N–H and O–H groups in total. The van der Waals surface area contributed by atoms with E-state index in [2.05, 4.69) is 0 Å². The van der Waals surface area contributed by atoms with Gasteiger partial charge in [0.2, 0.25) is 0 Å². The number of hydrogen-bond acceptors (Lipinski definition) is 4. The molecule has 3 rings (SSSR count). The van der Waals surface area contributed by atoms with Crippen molar-refractivity contribution in [3.63, 3.8) is 0 Å². The van der Waals surface area contributed by atoms with Crippen LogP contribution in [0.5, 0.6) is 0 Å². The highest BCUT2D eigenvalue weighted by molar-refractivity contribution is 7.21. The summed E-state index contributed by atoms with van der Waals surface area (Å²) >= 11 is 1.24. The van der Waals surface area contributed by atoms with Gasteiger partial charge in [-0.1, -0.05) is 6.07 Å². The summed E-state index contributed by atoms with van der Waals surface area (Å²) in [5, 5.41) is 0.344. The number of halogens is 1. The topological polar surface area (TPSA) is 55.6 Å². The Balaban J connectivity index is 2.06. The normalized spacial score (nSPS) is 18.1. The maximum atomic E-state index is 13.9. The third-order valence-electron chi connectivity index (χ3n) is 3.79. The van der Waals surface area contributed by atoms with Crippen molar-refractivity contribution in [1.29, 1.82) is 0 Å². The summed E-state index contributed by atoms with van der Waals surface area (Å²) in [5.41, 5.74) is 5.87. The average molecular weight is 308 g/mol. The summed E-state index contributed by atoms with van der Waals surface area (Å²) in [4.78, 5) is 15.0. The quantitative estimate of drug-likeness (QED) is 0.881. The van der Waals surface area contributed by atoms with E-state index in [9.17, 15) is 9.18 Å². The number of benzene rings is 1. The van der Waals surface area contributed by atoms with Crippen molar-refractivity contribution in [2.75, 3.05) is 25.5 Å². The molecule has 0 saturated carbocycles. The predicted octanol–water partition coefficient (Wildman–Crippen LogP) is 2.87. The van der Waals surface area contributed by atoms with Crippen molar-refractivity contribution < 1.29 is 13.9 Å². The molecule has 1 aromatic carbocycles. The number of carbonyl (C=O) groups excluding carboxylic acids is 1. The first-order chi connectivity index (χ1) is 9.92. The standard InChI is InChI=1S/C15H17FN2O2S/c1-15(2)8-20-7-6-18(15)14(19)13-12(17)11-9(16)4-3-5-10(11)21-13/h3-5H,6-8,17H2,1-2H3. The molecular weight excluding hydrogens is 291 g/mol.